The third-order valence-electron chi connectivity index (χ3n) is 6.33. The molecule has 1 saturated heterocycles. The van der Waals surface area contributed by atoms with Gasteiger partial charge in [0.2, 0.25) is 5.91 Å². The van der Waals surface area contributed by atoms with E-state index in [0.717, 1.165) is 16.9 Å². The zero-order valence-electron chi connectivity index (χ0n) is 20.6. The summed E-state index contributed by atoms with van der Waals surface area (Å²) >= 11 is 0. The monoisotopic (exact) mass is 478 g/mol. The van der Waals surface area contributed by atoms with Crippen LogP contribution in [0.2, 0.25) is 0 Å². The second kappa shape index (κ2) is 9.79. The lowest BCUT2D eigenvalue weighted by atomic mass is 9.93. The molecular weight excluding hydrogens is 448 g/mol. The summed E-state index contributed by atoms with van der Waals surface area (Å²) in [5, 5.41) is 6.25. The van der Waals surface area contributed by atoms with Crippen LogP contribution in [0.4, 0.5) is 11.4 Å². The first kappa shape index (κ1) is 24.3. The molecule has 0 unspecified atom stereocenters. The van der Waals surface area contributed by atoms with Crippen molar-refractivity contribution in [3.05, 3.63) is 59.3 Å². The number of nitrogens with one attached hydrogen (secondary N) is 2. The van der Waals surface area contributed by atoms with Gasteiger partial charge in [0.15, 0.2) is 5.78 Å². The van der Waals surface area contributed by atoms with Gasteiger partial charge in [-0.1, -0.05) is 18.2 Å². The van der Waals surface area contributed by atoms with Crippen LogP contribution in [0, 0.1) is 0 Å². The van der Waals surface area contributed by atoms with Gasteiger partial charge in [0.25, 0.3) is 0 Å². The summed E-state index contributed by atoms with van der Waals surface area (Å²) in [5.74, 6) is 1.19. The number of anilines is 2. The number of carbonyl (C=O) groups excluding carboxylic acids is 2. The normalized spacial score (nSPS) is 22.3. The lowest BCUT2D eigenvalue weighted by Crippen LogP contribution is -2.55. The Labute approximate surface area is 204 Å². The Bertz CT molecular complexity index is 1170. The molecule has 0 aliphatic carbocycles. The van der Waals surface area contributed by atoms with Crippen molar-refractivity contribution in [3.63, 3.8) is 0 Å². The topological polar surface area (TPSA) is 101 Å². The Hall–Kier alpha value is -3.85. The zero-order valence-corrected chi connectivity index (χ0v) is 20.6. The van der Waals surface area contributed by atoms with Crippen molar-refractivity contribution < 1.29 is 23.8 Å². The number of nitrogens with zero attached hydrogens (tertiary/aromatic N) is 2. The summed E-state index contributed by atoms with van der Waals surface area (Å²) in [4.78, 5) is 32.8. The molecule has 0 aromatic heterocycles. The summed E-state index contributed by atoms with van der Waals surface area (Å²) in [6, 6.07) is 13.4. The highest BCUT2D eigenvalue weighted by atomic mass is 16.5. The number of fused-ring (bicyclic) bond motifs is 1. The van der Waals surface area contributed by atoms with E-state index >= 15 is 0 Å². The molecule has 0 radical (unpaired) electrons. The Kier molecular flexibility index (Phi) is 6.79. The number of benzene rings is 2. The van der Waals surface area contributed by atoms with Crippen molar-refractivity contribution in [2.75, 3.05) is 51.7 Å². The fraction of sp³-hybridized carbons (Fsp3) is 0.346. The van der Waals surface area contributed by atoms with Gasteiger partial charge in [-0.05, 0) is 18.6 Å². The molecule has 1 atom stereocenters. The van der Waals surface area contributed by atoms with Crippen molar-refractivity contribution in [2.45, 2.75) is 18.9 Å². The number of para-hydroxylation sites is 1. The highest BCUT2D eigenvalue weighted by Crippen LogP contribution is 2.42. The Morgan fingerprint density at radius 3 is 2.43 bits per heavy atom. The van der Waals surface area contributed by atoms with Crippen LogP contribution in [0.25, 0.3) is 0 Å². The molecule has 1 fully saturated rings. The fourth-order valence-corrected chi connectivity index (χ4v) is 4.59. The van der Waals surface area contributed by atoms with Crippen molar-refractivity contribution in [3.8, 4) is 11.5 Å². The molecule has 9 heteroatoms. The van der Waals surface area contributed by atoms with E-state index in [2.05, 4.69) is 15.6 Å². The number of carbonyl (C=O) groups is 2. The first-order valence-electron chi connectivity index (χ1n) is 11.2. The van der Waals surface area contributed by atoms with E-state index in [9.17, 15) is 9.59 Å². The summed E-state index contributed by atoms with van der Waals surface area (Å²) in [6.07, 6.45) is 0.581. The number of rotatable bonds is 7. The van der Waals surface area contributed by atoms with Gasteiger partial charge in [0, 0.05) is 56.7 Å². The van der Waals surface area contributed by atoms with E-state index in [1.807, 2.05) is 41.3 Å². The number of hydrogen-bond acceptors (Lipinski definition) is 7. The summed E-state index contributed by atoms with van der Waals surface area (Å²) in [7, 11) is 6.25. The molecule has 4 rings (SSSR count). The van der Waals surface area contributed by atoms with E-state index in [1.165, 1.54) is 7.11 Å². The SMILES string of the molecule is CN=C1C(=C2Cc3ccccc3N2)C(=O)[C@@](C)(CNC(=O)COC)N1c1cc(OC)cc(OC)c1. The van der Waals surface area contributed by atoms with E-state index in [1.54, 1.807) is 34.3 Å². The van der Waals surface area contributed by atoms with E-state index in [0.29, 0.717) is 35.0 Å². The highest BCUT2D eigenvalue weighted by molar-refractivity contribution is 6.38. The molecule has 2 aromatic carbocycles. The van der Waals surface area contributed by atoms with Gasteiger partial charge in [-0.25, -0.2) is 0 Å². The largest absolute Gasteiger partial charge is 0.497 e. The molecule has 2 N–H and O–H groups in total. The van der Waals surface area contributed by atoms with Gasteiger partial charge >= 0.3 is 0 Å². The van der Waals surface area contributed by atoms with Crippen LogP contribution >= 0.6 is 0 Å². The van der Waals surface area contributed by atoms with Crippen molar-refractivity contribution in [1.29, 1.82) is 0 Å². The molecule has 2 aliphatic heterocycles. The first-order valence-corrected chi connectivity index (χ1v) is 11.2. The van der Waals surface area contributed by atoms with Gasteiger partial charge in [-0.15, -0.1) is 0 Å². The smallest absolute Gasteiger partial charge is 0.246 e. The molecule has 1 amide bonds. The number of hydrogen-bond donors (Lipinski definition) is 2. The van der Waals surface area contributed by atoms with Crippen molar-refractivity contribution in [2.24, 2.45) is 4.99 Å². The van der Waals surface area contributed by atoms with Crippen LogP contribution in [-0.2, 0) is 20.7 Å². The number of aliphatic imine (C=N–C) groups is 1. The van der Waals surface area contributed by atoms with Gasteiger partial charge in [0.1, 0.15) is 29.5 Å². The van der Waals surface area contributed by atoms with Gasteiger partial charge in [-0.2, -0.15) is 0 Å². The van der Waals surface area contributed by atoms with Crippen LogP contribution in [0.15, 0.2) is 58.7 Å². The van der Waals surface area contributed by atoms with E-state index in [4.69, 9.17) is 14.2 Å². The fourth-order valence-electron chi connectivity index (χ4n) is 4.59. The average Bonchev–Trinajstić information content (AvgIpc) is 3.39. The number of amides is 1. The van der Waals surface area contributed by atoms with Crippen LogP contribution in [-0.4, -0.2) is 64.6 Å². The number of ether oxygens (including phenoxy) is 3. The van der Waals surface area contributed by atoms with Gasteiger partial charge in [0.05, 0.1) is 25.5 Å². The molecule has 184 valence electrons. The molecule has 35 heavy (non-hydrogen) atoms. The van der Waals surface area contributed by atoms with Crippen LogP contribution in [0.3, 0.4) is 0 Å². The maximum absolute atomic E-state index is 14.1. The quantitative estimate of drug-likeness (QED) is 0.590. The predicted molar refractivity (Wildman–Crippen MR) is 134 cm³/mol. The van der Waals surface area contributed by atoms with Gasteiger partial charge in [-0.3, -0.25) is 14.6 Å². The van der Waals surface area contributed by atoms with E-state index in [-0.39, 0.29) is 24.8 Å². The van der Waals surface area contributed by atoms with Crippen LogP contribution in [0.5, 0.6) is 11.5 Å². The maximum atomic E-state index is 14.1. The number of Topliss-reactive ketones (excluding diaryl/α,β-unsaturated/α-hetero) is 1. The van der Waals surface area contributed by atoms with Crippen LogP contribution < -0.4 is 25.0 Å². The van der Waals surface area contributed by atoms with Crippen molar-refractivity contribution >= 4 is 28.9 Å². The summed E-state index contributed by atoms with van der Waals surface area (Å²) in [6.45, 7) is 1.75. The lowest BCUT2D eigenvalue weighted by molar-refractivity contribution is -0.125. The first-order chi connectivity index (χ1) is 16.9. The molecule has 0 bridgehead atoms. The second-order valence-electron chi connectivity index (χ2n) is 8.58. The Morgan fingerprint density at radius 2 is 1.83 bits per heavy atom. The minimum Gasteiger partial charge on any atom is -0.497 e. The number of amidine groups is 1. The summed E-state index contributed by atoms with van der Waals surface area (Å²) in [5.41, 5.74) is 2.85. The highest BCUT2D eigenvalue weighted by Gasteiger charge is 2.53. The summed E-state index contributed by atoms with van der Waals surface area (Å²) < 4.78 is 15.9. The molecule has 9 nitrogen and oxygen atoms in total. The van der Waals surface area contributed by atoms with E-state index < -0.39 is 5.54 Å². The van der Waals surface area contributed by atoms with Crippen molar-refractivity contribution in [1.82, 2.24) is 5.32 Å². The minimum absolute atomic E-state index is 0.0519. The third-order valence-corrected chi connectivity index (χ3v) is 6.33. The Morgan fingerprint density at radius 1 is 1.14 bits per heavy atom. The molecule has 2 aliphatic rings. The lowest BCUT2D eigenvalue weighted by Gasteiger charge is -2.35. The number of ketones is 1. The molecule has 2 heterocycles. The third kappa shape index (κ3) is 4.35. The van der Waals surface area contributed by atoms with Crippen LogP contribution in [0.1, 0.15) is 12.5 Å². The zero-order chi connectivity index (χ0) is 25.2. The minimum atomic E-state index is -1.16. The molecule has 0 spiro atoms. The van der Waals surface area contributed by atoms with Gasteiger partial charge < -0.3 is 29.7 Å². The number of methoxy groups -OCH3 is 3. The molecule has 2 aromatic rings. The molecular formula is C26H30N4O5. The Balaban J connectivity index is 1.85. The number of allylic oxidation sites excluding steroid dienone is 1. The predicted octanol–water partition coefficient (Wildman–Crippen LogP) is 2.56. The standard InChI is InChI=1S/C26H30N4O5/c1-26(15-28-22(31)14-33-3)24(32)23(21-10-16-8-6-7-9-20(16)29-21)25(27-2)30(26)17-11-18(34-4)13-19(12-17)35-5/h6-9,11-13,29H,10,14-15H2,1-5H3,(H,28,31)/t26-/m1/s1. The molecule has 0 saturated carbocycles. The second-order valence-corrected chi connectivity index (χ2v) is 8.58. The average molecular weight is 479 g/mol. The maximum Gasteiger partial charge on any atom is 0.246 e.